The lowest BCUT2D eigenvalue weighted by Crippen LogP contribution is -3.22. The third kappa shape index (κ3) is 6.09. The van der Waals surface area contributed by atoms with E-state index in [9.17, 15) is 18.0 Å². The van der Waals surface area contributed by atoms with Crippen LogP contribution in [-0.2, 0) is 15.7 Å². The number of amides is 1. The van der Waals surface area contributed by atoms with Crippen LogP contribution in [0.5, 0.6) is 0 Å². The summed E-state index contributed by atoms with van der Waals surface area (Å²) < 4.78 is 44.2. The van der Waals surface area contributed by atoms with Crippen molar-refractivity contribution in [3.8, 4) is 0 Å². The fourth-order valence-corrected chi connectivity index (χ4v) is 4.17. The van der Waals surface area contributed by atoms with Crippen LogP contribution >= 0.6 is 0 Å². The summed E-state index contributed by atoms with van der Waals surface area (Å²) in [4.78, 5) is 17.0. The van der Waals surface area contributed by atoms with Gasteiger partial charge < -0.3 is 24.8 Å². The highest BCUT2D eigenvalue weighted by atomic mass is 19.4. The molecule has 0 unspecified atom stereocenters. The zero-order chi connectivity index (χ0) is 21.8. The van der Waals surface area contributed by atoms with Gasteiger partial charge in [-0.05, 0) is 32.0 Å². The number of hydrogen-bond acceptors (Lipinski definition) is 3. The SMILES string of the molecule is CC(C)(CNC(=O)C[NH+]1CCN(c2cccc(C(F)(F)F)c2)CC1)[NH+]1CCOCC1. The van der Waals surface area contributed by atoms with E-state index in [1.807, 2.05) is 4.90 Å². The number of anilines is 1. The van der Waals surface area contributed by atoms with Crippen LogP contribution in [0.4, 0.5) is 18.9 Å². The van der Waals surface area contributed by atoms with E-state index in [1.54, 1.807) is 6.07 Å². The molecule has 2 aliphatic rings. The van der Waals surface area contributed by atoms with Gasteiger partial charge in [-0.3, -0.25) is 4.79 Å². The van der Waals surface area contributed by atoms with Gasteiger partial charge in [0, 0.05) is 5.69 Å². The second-order valence-electron chi connectivity index (χ2n) is 8.84. The molecule has 168 valence electrons. The molecule has 0 aromatic heterocycles. The minimum absolute atomic E-state index is 0.0262. The number of carbonyl (C=O) groups is 1. The lowest BCUT2D eigenvalue weighted by Gasteiger charge is -2.38. The van der Waals surface area contributed by atoms with E-state index in [4.69, 9.17) is 4.74 Å². The molecule has 1 aromatic carbocycles. The fourth-order valence-electron chi connectivity index (χ4n) is 4.17. The first-order valence-electron chi connectivity index (χ1n) is 10.6. The Hall–Kier alpha value is -1.84. The molecule has 0 spiro atoms. The molecule has 2 saturated heterocycles. The van der Waals surface area contributed by atoms with Gasteiger partial charge in [-0.25, -0.2) is 0 Å². The predicted molar refractivity (Wildman–Crippen MR) is 108 cm³/mol. The van der Waals surface area contributed by atoms with Crippen molar-refractivity contribution in [2.45, 2.75) is 25.6 Å². The minimum atomic E-state index is -4.34. The van der Waals surface area contributed by atoms with Crippen molar-refractivity contribution in [1.29, 1.82) is 0 Å². The minimum Gasteiger partial charge on any atom is -0.370 e. The number of piperazine rings is 1. The number of quaternary nitrogens is 2. The molecule has 1 aromatic rings. The topological polar surface area (TPSA) is 50.5 Å². The highest BCUT2D eigenvalue weighted by Gasteiger charge is 2.34. The maximum absolute atomic E-state index is 12.9. The van der Waals surface area contributed by atoms with Crippen LogP contribution in [0.2, 0.25) is 0 Å². The number of halogens is 3. The molecule has 6 nitrogen and oxygen atoms in total. The molecule has 9 heteroatoms. The van der Waals surface area contributed by atoms with E-state index in [2.05, 4.69) is 19.2 Å². The summed E-state index contributed by atoms with van der Waals surface area (Å²) in [5.41, 5.74) is -0.0838. The Kier molecular flexibility index (Phi) is 7.26. The van der Waals surface area contributed by atoms with Crippen LogP contribution in [0.25, 0.3) is 0 Å². The molecule has 2 fully saturated rings. The summed E-state index contributed by atoms with van der Waals surface area (Å²) in [7, 11) is 0. The van der Waals surface area contributed by atoms with Crippen molar-refractivity contribution in [3.05, 3.63) is 29.8 Å². The molecule has 3 rings (SSSR count). The molecule has 1 amide bonds. The molecule has 0 radical (unpaired) electrons. The summed E-state index contributed by atoms with van der Waals surface area (Å²) >= 11 is 0. The maximum Gasteiger partial charge on any atom is 0.416 e. The molecule has 0 aliphatic carbocycles. The van der Waals surface area contributed by atoms with Crippen molar-refractivity contribution in [2.24, 2.45) is 0 Å². The average molecular weight is 431 g/mol. The first-order chi connectivity index (χ1) is 14.1. The van der Waals surface area contributed by atoms with Gasteiger partial charge in [-0.2, -0.15) is 13.2 Å². The van der Waals surface area contributed by atoms with E-state index in [0.29, 0.717) is 31.9 Å². The number of alkyl halides is 3. The van der Waals surface area contributed by atoms with Gasteiger partial charge in [0.25, 0.3) is 5.91 Å². The lowest BCUT2D eigenvalue weighted by molar-refractivity contribution is -0.954. The van der Waals surface area contributed by atoms with Gasteiger partial charge in [0.1, 0.15) is 18.6 Å². The number of nitrogens with one attached hydrogen (secondary N) is 3. The van der Waals surface area contributed by atoms with Crippen LogP contribution in [0, 0.1) is 0 Å². The molecule has 3 N–H and O–H groups in total. The molecule has 0 atom stereocenters. The van der Waals surface area contributed by atoms with Gasteiger partial charge in [-0.15, -0.1) is 0 Å². The maximum atomic E-state index is 12.9. The highest BCUT2D eigenvalue weighted by Crippen LogP contribution is 2.31. The predicted octanol–water partition coefficient (Wildman–Crippen LogP) is -0.780. The summed E-state index contributed by atoms with van der Waals surface area (Å²) in [5, 5.41) is 3.07. The Labute approximate surface area is 175 Å². The molecule has 30 heavy (non-hydrogen) atoms. The second-order valence-corrected chi connectivity index (χ2v) is 8.84. The molecule has 0 bridgehead atoms. The van der Waals surface area contributed by atoms with Crippen molar-refractivity contribution in [1.82, 2.24) is 5.32 Å². The van der Waals surface area contributed by atoms with Gasteiger partial charge in [0.2, 0.25) is 0 Å². The van der Waals surface area contributed by atoms with Gasteiger partial charge in [-0.1, -0.05) is 6.07 Å². The second kappa shape index (κ2) is 9.53. The third-order valence-corrected chi connectivity index (χ3v) is 6.20. The van der Waals surface area contributed by atoms with Crippen LogP contribution < -0.4 is 20.0 Å². The zero-order valence-corrected chi connectivity index (χ0v) is 17.8. The van der Waals surface area contributed by atoms with Gasteiger partial charge in [0.15, 0.2) is 6.54 Å². The van der Waals surface area contributed by atoms with E-state index < -0.39 is 11.7 Å². The molecule has 0 saturated carbocycles. The molecular weight excluding hydrogens is 397 g/mol. The smallest absolute Gasteiger partial charge is 0.370 e. The quantitative estimate of drug-likeness (QED) is 0.555. The van der Waals surface area contributed by atoms with E-state index in [1.165, 1.54) is 17.0 Å². The zero-order valence-electron chi connectivity index (χ0n) is 17.8. The Bertz CT molecular complexity index is 712. The lowest BCUT2D eigenvalue weighted by atomic mass is 10.0. The largest absolute Gasteiger partial charge is 0.416 e. The Morgan fingerprint density at radius 1 is 1.13 bits per heavy atom. The number of hydrogen-bond donors (Lipinski definition) is 3. The van der Waals surface area contributed by atoms with Crippen molar-refractivity contribution in [2.75, 3.05) is 70.5 Å². The monoisotopic (exact) mass is 430 g/mol. The first-order valence-corrected chi connectivity index (χ1v) is 10.6. The van der Waals surface area contributed by atoms with E-state index in [-0.39, 0.29) is 11.4 Å². The Morgan fingerprint density at radius 3 is 2.43 bits per heavy atom. The van der Waals surface area contributed by atoms with Crippen LogP contribution in [0.3, 0.4) is 0 Å². The van der Waals surface area contributed by atoms with E-state index >= 15 is 0 Å². The molecule has 2 heterocycles. The Morgan fingerprint density at radius 2 is 1.80 bits per heavy atom. The fraction of sp³-hybridized carbons (Fsp3) is 0.667. The van der Waals surface area contributed by atoms with Crippen LogP contribution in [0.15, 0.2) is 24.3 Å². The number of ether oxygens (including phenoxy) is 1. The standard InChI is InChI=1S/C21H31F3N4O2/c1-20(2,28-10-12-30-13-11-28)16-25-19(29)15-26-6-8-27(9-7-26)18-5-3-4-17(14-18)21(22,23)24/h3-5,14H,6-13,15-16H2,1-2H3,(H,25,29)/p+2. The highest BCUT2D eigenvalue weighted by molar-refractivity contribution is 5.76. The average Bonchev–Trinajstić information content (AvgIpc) is 2.73. The number of carbonyl (C=O) groups excluding carboxylic acids is 1. The van der Waals surface area contributed by atoms with Crippen LogP contribution in [-0.4, -0.2) is 77.0 Å². The van der Waals surface area contributed by atoms with Crippen molar-refractivity contribution >= 4 is 11.6 Å². The summed E-state index contributed by atoms with van der Waals surface area (Å²) in [6.07, 6.45) is -4.34. The van der Waals surface area contributed by atoms with Gasteiger partial charge in [0.05, 0.1) is 51.5 Å². The number of nitrogens with zero attached hydrogens (tertiary/aromatic N) is 1. The molecular formula is C21H33F3N4O2+2. The number of morpholine rings is 1. The van der Waals surface area contributed by atoms with E-state index in [0.717, 1.165) is 50.4 Å². The number of benzene rings is 1. The number of rotatable bonds is 6. The first kappa shape index (κ1) is 22.8. The summed E-state index contributed by atoms with van der Waals surface area (Å²) in [5.74, 6) is 0.0262. The van der Waals surface area contributed by atoms with Crippen LogP contribution in [0.1, 0.15) is 19.4 Å². The summed E-state index contributed by atoms with van der Waals surface area (Å²) in [6, 6.07) is 5.45. The van der Waals surface area contributed by atoms with Crippen molar-refractivity contribution in [3.63, 3.8) is 0 Å². The summed E-state index contributed by atoms with van der Waals surface area (Å²) in [6.45, 7) is 11.5. The Balaban J connectivity index is 1.44. The normalized spacial score (nSPS) is 19.7. The molecule has 2 aliphatic heterocycles. The third-order valence-electron chi connectivity index (χ3n) is 6.20. The van der Waals surface area contributed by atoms with Crippen molar-refractivity contribution < 1.29 is 32.5 Å². The van der Waals surface area contributed by atoms with Gasteiger partial charge >= 0.3 is 6.18 Å².